The summed E-state index contributed by atoms with van der Waals surface area (Å²) in [6.45, 7) is 0. The van der Waals surface area contributed by atoms with Crippen LogP contribution in [-0.4, -0.2) is 38.5 Å². The molecule has 0 aliphatic carbocycles. The monoisotopic (exact) mass is 151 g/mol. The second kappa shape index (κ2) is 3.42. The summed E-state index contributed by atoms with van der Waals surface area (Å²) in [4.78, 5) is 24.9. The van der Waals surface area contributed by atoms with Crippen LogP contribution in [0.5, 0.6) is 0 Å². The molecule has 0 aromatic heterocycles. The quantitative estimate of drug-likeness (QED) is 0.333. The predicted octanol–water partition coefficient (Wildman–Crippen LogP) is -0.913. The zero-order valence-electron chi connectivity index (χ0n) is 5.94. The Hall–Kier alpha value is 0.386. The third-order valence-electron chi connectivity index (χ3n) is 0.287. The van der Waals surface area contributed by atoms with Crippen LogP contribution in [0.3, 0.4) is 0 Å². The van der Waals surface area contributed by atoms with Crippen LogP contribution in [0.15, 0.2) is 0 Å². The van der Waals surface area contributed by atoms with Crippen molar-refractivity contribution in [3.8, 4) is 0 Å². The number of carbonyl (C=O) groups is 1. The summed E-state index contributed by atoms with van der Waals surface area (Å²) >= 11 is 0. The molecule has 46 valence electrons. The van der Waals surface area contributed by atoms with Gasteiger partial charge in [-0.05, 0) is 0 Å². The summed E-state index contributed by atoms with van der Waals surface area (Å²) < 4.78 is 9.55. The zero-order chi connectivity index (χ0) is 6.08. The van der Waals surface area contributed by atoms with Crippen LogP contribution in [-0.2, 0) is 4.57 Å². The van der Waals surface area contributed by atoms with Gasteiger partial charge in [0.05, 0.1) is 0 Å². The number of carbonyl (C=O) groups excluding carboxylic acids is 1. The molecule has 4 N–H and O–H groups in total. The molecule has 0 atom stereocenters. The van der Waals surface area contributed by atoms with Crippen molar-refractivity contribution in [1.29, 1.82) is 0 Å². The number of hydrogen-bond acceptors (Lipinski definition) is 2. The zero-order valence-corrected chi connectivity index (χ0v) is 6.25. The Morgan fingerprint density at radius 3 is 1.75 bits per heavy atom. The van der Waals surface area contributed by atoms with Gasteiger partial charge in [-0.25, -0.2) is 4.57 Å². The molecule has 0 aliphatic rings. The Balaban J connectivity index is -0.0000000600. The molecule has 0 rings (SSSR count). The van der Waals surface area contributed by atoms with Crippen molar-refractivity contribution in [2.24, 2.45) is 5.73 Å². The average molecular weight is 151 g/mol. The number of amides is 1. The van der Waals surface area contributed by atoms with Gasteiger partial charge < -0.3 is 18.4 Å². The van der Waals surface area contributed by atoms with Crippen LogP contribution >= 0.6 is 7.60 Å². The molecule has 0 heterocycles. The Morgan fingerprint density at radius 1 is 1.62 bits per heavy atom. The molecule has 5 nitrogen and oxygen atoms in total. The smallest absolute Gasteiger partial charge is 1.00 e. The van der Waals surface area contributed by atoms with Crippen LogP contribution in [0, 0.1) is 0 Å². The van der Waals surface area contributed by atoms with E-state index in [1.165, 1.54) is 0 Å². The van der Waals surface area contributed by atoms with Gasteiger partial charge in [-0.2, -0.15) is 0 Å². The first-order chi connectivity index (χ1) is 2.94. The Labute approximate surface area is 64.5 Å². The first-order valence-electron chi connectivity index (χ1n) is 1.30. The molecule has 0 bridgehead atoms. The van der Waals surface area contributed by atoms with Crippen LogP contribution in [0.1, 0.15) is 2.85 Å². The van der Waals surface area contributed by atoms with Crippen molar-refractivity contribution in [2.75, 3.05) is 0 Å². The van der Waals surface area contributed by atoms with Crippen molar-refractivity contribution in [3.05, 3.63) is 0 Å². The molecule has 0 aromatic carbocycles. The van der Waals surface area contributed by atoms with Crippen LogP contribution in [0.2, 0.25) is 0 Å². The summed E-state index contributed by atoms with van der Waals surface area (Å²) in [6.07, 6.45) is 0. The average Bonchev–Trinajstić information content (AvgIpc) is 1.31. The molecule has 0 aliphatic heterocycles. The van der Waals surface area contributed by atoms with E-state index in [1.807, 2.05) is 0 Å². The molecule has 1 amide bonds. The summed E-state index contributed by atoms with van der Waals surface area (Å²) in [5.74, 6) is 0. The summed E-state index contributed by atoms with van der Waals surface area (Å²) in [5.41, 5.74) is 2.58. The summed E-state index contributed by atoms with van der Waals surface area (Å²) in [7, 11) is -4.60. The molecule has 0 saturated carbocycles. The molecule has 0 spiro atoms. The van der Waals surface area contributed by atoms with Gasteiger partial charge in [-0.1, -0.05) is 0 Å². The number of hydrogen-bond donors (Lipinski definition) is 3. The van der Waals surface area contributed by atoms with Gasteiger partial charge in [0, 0.05) is 0 Å². The largest absolute Gasteiger partial charge is 2.00 e. The molecule has 0 fully saturated rings. The van der Waals surface area contributed by atoms with E-state index in [-0.39, 0.29) is 25.9 Å². The van der Waals surface area contributed by atoms with Crippen molar-refractivity contribution < 1.29 is 22.0 Å². The third kappa shape index (κ3) is 4.54. The molecule has 0 unspecified atom stereocenters. The maximum absolute atomic E-state index is 9.55. The van der Waals surface area contributed by atoms with E-state index >= 15 is 0 Å². The third-order valence-corrected chi connectivity index (χ3v) is 0.861. The number of primary amides is 1. The van der Waals surface area contributed by atoms with Crippen molar-refractivity contribution >= 4 is 36.3 Å². The van der Waals surface area contributed by atoms with Crippen molar-refractivity contribution in [2.45, 2.75) is 0 Å². The van der Waals surface area contributed by atoms with Crippen molar-refractivity contribution in [1.82, 2.24) is 0 Å². The molecule has 0 aromatic rings. The van der Waals surface area contributed by atoms with Crippen LogP contribution < -0.4 is 5.73 Å². The summed E-state index contributed by atoms with van der Waals surface area (Å²) in [5, 5.41) is 0. The number of rotatable bonds is 1. The Kier molecular flexibility index (Phi) is 4.79. The fraction of sp³-hybridized carbons (Fsp3) is 0. The fourth-order valence-corrected chi connectivity index (χ4v) is 0. The minimum Gasteiger partial charge on any atom is -1.00 e. The van der Waals surface area contributed by atoms with Gasteiger partial charge in [-0.3, -0.25) is 4.79 Å². The predicted molar refractivity (Wildman–Crippen MR) is 29.6 cm³/mol. The van der Waals surface area contributed by atoms with E-state index in [2.05, 4.69) is 5.73 Å². The van der Waals surface area contributed by atoms with E-state index in [0.29, 0.717) is 0 Å². The van der Waals surface area contributed by atoms with Gasteiger partial charge in [0.1, 0.15) is 0 Å². The SMILES string of the molecule is NC(=O)P(=O)(O)O.[H-].[H-].[Mg+2]. The van der Waals surface area contributed by atoms with Gasteiger partial charge >= 0.3 is 36.3 Å². The minimum atomic E-state index is -4.60. The Bertz CT molecular complexity index is 135. The van der Waals surface area contributed by atoms with Gasteiger partial charge in [0.2, 0.25) is 0 Å². The normalized spacial score (nSPS) is 9.75. The Morgan fingerprint density at radius 2 is 1.75 bits per heavy atom. The maximum atomic E-state index is 9.55. The molecule has 8 heavy (non-hydrogen) atoms. The number of nitrogens with two attached hydrogens (primary N) is 1. The fourth-order valence-electron chi connectivity index (χ4n) is 0. The standard InChI is InChI=1S/CH4NO4P.Mg.2H/c2-1(3)7(4,5)6;;;/h(H2,2,3)(H2,4,5,6);;;/q;+2;2*-1. The van der Waals surface area contributed by atoms with Gasteiger partial charge in [0.25, 0.3) is 0 Å². The van der Waals surface area contributed by atoms with E-state index in [0.717, 1.165) is 0 Å². The minimum absolute atomic E-state index is 0. The van der Waals surface area contributed by atoms with E-state index in [1.54, 1.807) is 0 Å². The molecular weight excluding hydrogens is 145 g/mol. The van der Waals surface area contributed by atoms with Crippen LogP contribution in [0.25, 0.3) is 0 Å². The molecule has 0 saturated heterocycles. The molecular formula is CH6MgNO4P. The van der Waals surface area contributed by atoms with Gasteiger partial charge in [-0.15, -0.1) is 0 Å². The second-order valence-electron chi connectivity index (χ2n) is 0.882. The van der Waals surface area contributed by atoms with E-state index < -0.39 is 13.2 Å². The van der Waals surface area contributed by atoms with E-state index in [9.17, 15) is 9.36 Å². The second-order valence-corrected chi connectivity index (χ2v) is 2.41. The van der Waals surface area contributed by atoms with Gasteiger partial charge in [0.15, 0.2) is 0 Å². The first-order valence-corrected chi connectivity index (χ1v) is 2.91. The topological polar surface area (TPSA) is 101 Å². The van der Waals surface area contributed by atoms with Crippen LogP contribution in [0.4, 0.5) is 4.79 Å². The molecule has 7 heteroatoms. The summed E-state index contributed by atoms with van der Waals surface area (Å²) in [6, 6.07) is 0. The maximum Gasteiger partial charge on any atom is 2.00 e. The van der Waals surface area contributed by atoms with Crippen molar-refractivity contribution in [3.63, 3.8) is 0 Å². The molecule has 0 radical (unpaired) electrons. The first kappa shape index (κ1) is 11.2. The van der Waals surface area contributed by atoms with E-state index in [4.69, 9.17) is 9.79 Å².